The van der Waals surface area contributed by atoms with Crippen LogP contribution in [0.2, 0.25) is 0 Å². The fourth-order valence-corrected chi connectivity index (χ4v) is 5.17. The number of aromatic nitrogens is 4. The first-order valence-corrected chi connectivity index (χ1v) is 12.5. The summed E-state index contributed by atoms with van der Waals surface area (Å²) in [5, 5.41) is 7.44. The van der Waals surface area contributed by atoms with Gasteiger partial charge in [0, 0.05) is 36.5 Å². The number of pyridine rings is 2. The average molecular weight is 487 g/mol. The number of hydrogen-bond acceptors (Lipinski definition) is 5. The predicted octanol–water partition coefficient (Wildman–Crippen LogP) is 5.25. The summed E-state index contributed by atoms with van der Waals surface area (Å²) in [5.74, 6) is 1.16. The van der Waals surface area contributed by atoms with Crippen molar-refractivity contribution in [3.8, 4) is 5.82 Å². The molecule has 7 nitrogen and oxygen atoms in total. The first kappa shape index (κ1) is 22.9. The van der Waals surface area contributed by atoms with Crippen LogP contribution in [-0.2, 0) is 17.6 Å². The number of benzene rings is 1. The van der Waals surface area contributed by atoms with Crippen LogP contribution in [0, 0.1) is 0 Å². The van der Waals surface area contributed by atoms with Gasteiger partial charge >= 0.3 is 0 Å². The highest BCUT2D eigenvalue weighted by Crippen LogP contribution is 2.36. The molecule has 0 unspecified atom stereocenters. The van der Waals surface area contributed by atoms with Crippen LogP contribution in [0.3, 0.4) is 0 Å². The molecule has 8 heteroatoms. The van der Waals surface area contributed by atoms with Crippen molar-refractivity contribution in [1.82, 2.24) is 24.6 Å². The fraction of sp³-hybridized carbons (Fsp3) is 0.393. The standard InChI is InChI=1S/C28H31FN6O/c1-27(2)16-30-14-17-12-18(8-11-21(17)27)32-24-13-22-20(15-31-24)26(36)34(19-9-10-19)35(22)25-7-5-6-23(33-25)28(3,4)29/h5-8,11-13,15,19,30H,9-10,14,16H2,1-4H3,(H,31,32). The van der Waals surface area contributed by atoms with Crippen LogP contribution in [0.15, 0.2) is 53.5 Å². The zero-order valence-corrected chi connectivity index (χ0v) is 21.1. The number of nitrogens with one attached hydrogen (secondary N) is 2. The zero-order chi connectivity index (χ0) is 25.2. The van der Waals surface area contributed by atoms with Gasteiger partial charge < -0.3 is 10.6 Å². The molecule has 0 spiro atoms. The van der Waals surface area contributed by atoms with Crippen molar-refractivity contribution < 1.29 is 4.39 Å². The van der Waals surface area contributed by atoms with Gasteiger partial charge in [-0.3, -0.25) is 4.79 Å². The smallest absolute Gasteiger partial charge is 0.276 e. The van der Waals surface area contributed by atoms with Crippen LogP contribution >= 0.6 is 0 Å². The molecule has 1 aromatic carbocycles. The quantitative estimate of drug-likeness (QED) is 0.403. The predicted molar refractivity (Wildman–Crippen MR) is 140 cm³/mol. The van der Waals surface area contributed by atoms with Crippen molar-refractivity contribution in [3.05, 3.63) is 75.8 Å². The number of alkyl halides is 1. The lowest BCUT2D eigenvalue weighted by molar-refractivity contribution is 0.214. The lowest BCUT2D eigenvalue weighted by atomic mass is 9.79. The number of hydrogen-bond donors (Lipinski definition) is 2. The molecular formula is C28H31FN6O. The summed E-state index contributed by atoms with van der Waals surface area (Å²) in [4.78, 5) is 22.5. The largest absolute Gasteiger partial charge is 0.340 e. The molecule has 3 aromatic heterocycles. The summed E-state index contributed by atoms with van der Waals surface area (Å²) in [6.07, 6.45) is 3.49. The maximum atomic E-state index is 14.7. The Balaban J connectivity index is 1.45. The molecular weight excluding hydrogens is 455 g/mol. The normalized spacial score (nSPS) is 17.2. The van der Waals surface area contributed by atoms with Gasteiger partial charge in [-0.1, -0.05) is 26.0 Å². The van der Waals surface area contributed by atoms with Gasteiger partial charge in [-0.05, 0) is 62.1 Å². The molecule has 0 amide bonds. The molecule has 0 radical (unpaired) electrons. The highest BCUT2D eigenvalue weighted by Gasteiger charge is 2.31. The summed E-state index contributed by atoms with van der Waals surface area (Å²) in [6.45, 7) is 9.26. The van der Waals surface area contributed by atoms with Crippen molar-refractivity contribution in [2.24, 2.45) is 0 Å². The van der Waals surface area contributed by atoms with Crippen molar-refractivity contribution in [1.29, 1.82) is 0 Å². The molecule has 4 heterocycles. The highest BCUT2D eigenvalue weighted by atomic mass is 19.1. The van der Waals surface area contributed by atoms with E-state index in [0.29, 0.717) is 28.2 Å². The van der Waals surface area contributed by atoms with E-state index in [2.05, 4.69) is 52.6 Å². The fourth-order valence-electron chi connectivity index (χ4n) is 5.17. The van der Waals surface area contributed by atoms with E-state index in [1.165, 1.54) is 25.0 Å². The van der Waals surface area contributed by atoms with E-state index in [4.69, 9.17) is 0 Å². The Labute approximate surface area is 209 Å². The van der Waals surface area contributed by atoms with Gasteiger partial charge in [-0.25, -0.2) is 23.7 Å². The van der Waals surface area contributed by atoms with Crippen molar-refractivity contribution >= 4 is 22.4 Å². The summed E-state index contributed by atoms with van der Waals surface area (Å²) >= 11 is 0. The van der Waals surface area contributed by atoms with Crippen LogP contribution in [-0.4, -0.2) is 25.9 Å². The zero-order valence-electron chi connectivity index (χ0n) is 21.1. The van der Waals surface area contributed by atoms with Gasteiger partial charge in [0.2, 0.25) is 0 Å². The molecule has 0 bridgehead atoms. The van der Waals surface area contributed by atoms with Crippen molar-refractivity contribution in [2.45, 2.75) is 64.2 Å². The molecule has 2 N–H and O–H groups in total. The van der Waals surface area contributed by atoms with Crippen molar-refractivity contribution in [3.63, 3.8) is 0 Å². The molecule has 1 aliphatic carbocycles. The summed E-state index contributed by atoms with van der Waals surface area (Å²) in [6, 6.07) is 13.7. The van der Waals surface area contributed by atoms with Gasteiger partial charge in [0.15, 0.2) is 5.82 Å². The minimum atomic E-state index is -1.59. The minimum absolute atomic E-state index is 0.0841. The maximum Gasteiger partial charge on any atom is 0.276 e. The Morgan fingerprint density at radius 3 is 2.72 bits per heavy atom. The molecule has 1 saturated carbocycles. The average Bonchev–Trinajstić information content (AvgIpc) is 3.62. The Bertz CT molecular complexity index is 1540. The second kappa shape index (κ2) is 8.00. The molecule has 4 aromatic rings. The number of nitrogens with zero attached hydrogens (tertiary/aromatic N) is 4. The van der Waals surface area contributed by atoms with E-state index >= 15 is 0 Å². The van der Waals surface area contributed by atoms with Gasteiger partial charge in [0.25, 0.3) is 5.56 Å². The maximum absolute atomic E-state index is 14.7. The highest BCUT2D eigenvalue weighted by molar-refractivity contribution is 5.82. The van der Waals surface area contributed by atoms with Crippen LogP contribution in [0.25, 0.3) is 16.7 Å². The molecule has 0 saturated heterocycles. The third-order valence-electron chi connectivity index (χ3n) is 7.21. The Hall–Kier alpha value is -3.52. The number of rotatable bonds is 5. The molecule has 6 rings (SSSR count). The number of halogens is 1. The Morgan fingerprint density at radius 2 is 1.97 bits per heavy atom. The molecule has 1 fully saturated rings. The van der Waals surface area contributed by atoms with E-state index in [-0.39, 0.29) is 17.0 Å². The molecule has 186 valence electrons. The first-order chi connectivity index (χ1) is 17.1. The third-order valence-corrected chi connectivity index (χ3v) is 7.21. The van der Waals surface area contributed by atoms with Crippen LogP contribution in [0.1, 0.15) is 63.4 Å². The molecule has 2 aliphatic rings. The van der Waals surface area contributed by atoms with E-state index in [1.807, 2.05) is 16.8 Å². The van der Waals surface area contributed by atoms with Crippen molar-refractivity contribution in [2.75, 3.05) is 11.9 Å². The summed E-state index contributed by atoms with van der Waals surface area (Å²) in [7, 11) is 0. The second-order valence-corrected chi connectivity index (χ2v) is 11.1. The van der Waals surface area contributed by atoms with Crippen LogP contribution in [0.5, 0.6) is 0 Å². The summed E-state index contributed by atoms with van der Waals surface area (Å²) in [5.41, 5.74) is 2.99. The SMILES string of the molecule is CC(C)(F)c1cccc(-n2c3cc(Nc4ccc5c(c4)CNCC5(C)C)ncc3c(=O)n2C2CC2)n1. The van der Waals surface area contributed by atoms with E-state index < -0.39 is 5.67 Å². The number of anilines is 2. The molecule has 0 atom stereocenters. The van der Waals surface area contributed by atoms with E-state index in [1.54, 1.807) is 23.0 Å². The van der Waals surface area contributed by atoms with Crippen LogP contribution in [0.4, 0.5) is 15.9 Å². The van der Waals surface area contributed by atoms with Gasteiger partial charge in [0.05, 0.1) is 22.6 Å². The topological polar surface area (TPSA) is 76.8 Å². The van der Waals surface area contributed by atoms with Gasteiger partial charge in [-0.15, -0.1) is 0 Å². The second-order valence-electron chi connectivity index (χ2n) is 11.1. The van der Waals surface area contributed by atoms with Crippen LogP contribution < -0.4 is 16.2 Å². The number of fused-ring (bicyclic) bond motifs is 2. The lowest BCUT2D eigenvalue weighted by Crippen LogP contribution is -2.38. The van der Waals surface area contributed by atoms with Gasteiger partial charge in [0.1, 0.15) is 11.5 Å². The Kier molecular flexibility index (Phi) is 5.09. The first-order valence-electron chi connectivity index (χ1n) is 12.5. The van der Waals surface area contributed by atoms with Gasteiger partial charge in [-0.2, -0.15) is 0 Å². The minimum Gasteiger partial charge on any atom is -0.340 e. The monoisotopic (exact) mass is 486 g/mol. The van der Waals surface area contributed by atoms with E-state index in [9.17, 15) is 9.18 Å². The Morgan fingerprint density at radius 1 is 1.17 bits per heavy atom. The summed E-state index contributed by atoms with van der Waals surface area (Å²) < 4.78 is 18.3. The lowest BCUT2D eigenvalue weighted by Gasteiger charge is -2.33. The third kappa shape index (κ3) is 3.89. The molecule has 36 heavy (non-hydrogen) atoms. The molecule has 1 aliphatic heterocycles. The van der Waals surface area contributed by atoms with E-state index in [0.717, 1.165) is 31.6 Å².